The van der Waals surface area contributed by atoms with Crippen LogP contribution in [0, 0.1) is 0 Å². The van der Waals surface area contributed by atoms with Gasteiger partial charge in [0.1, 0.15) is 19.8 Å². The number of hydrogen-bond acceptors (Lipinski definition) is 7. The second kappa shape index (κ2) is 66.4. The van der Waals surface area contributed by atoms with Crippen molar-refractivity contribution in [2.75, 3.05) is 47.5 Å². The van der Waals surface area contributed by atoms with Crippen LogP contribution < -0.4 is 0 Å². The van der Waals surface area contributed by atoms with Crippen molar-refractivity contribution in [1.82, 2.24) is 0 Å². The third-order valence-electron chi connectivity index (χ3n) is 15.6. The number of ether oxygens (including phenoxy) is 2. The Morgan fingerprint density at radius 2 is 0.663 bits per heavy atom. The zero-order valence-electron chi connectivity index (χ0n) is 56.8. The molecule has 0 fully saturated rings. The van der Waals surface area contributed by atoms with Gasteiger partial charge in [-0.05, 0) is 96.3 Å². The molecule has 0 aromatic rings. The van der Waals surface area contributed by atoms with E-state index in [1.54, 1.807) is 0 Å². The zero-order valence-corrected chi connectivity index (χ0v) is 57.7. The van der Waals surface area contributed by atoms with Crippen LogP contribution in [0.2, 0.25) is 0 Å². The summed E-state index contributed by atoms with van der Waals surface area (Å²) >= 11 is 0. The third kappa shape index (κ3) is 70.0. The van der Waals surface area contributed by atoms with Gasteiger partial charge in [-0.2, -0.15) is 0 Å². The molecule has 0 aliphatic rings. The fourth-order valence-electron chi connectivity index (χ4n) is 10.1. The SMILES string of the molecule is CC/C=C\C/C=C\C/C=C\C/C=C\C/C=C\C/C=C\C/C=C\CCCCCC(=O)OC(COC(=O)CCCCCCCCCCCCCCCCCCCCCCCCCCC/C=C\CCCCCCCCCC)COP(=O)(O)OCC[N+](C)(C)C. The molecule has 0 aromatic heterocycles. The first-order valence-electron chi connectivity index (χ1n) is 36.0. The standard InChI is InChI=1S/C76H136NO8P/c1-6-8-10-12-14-16-18-20-22-24-26-28-30-32-33-34-35-36-37-38-39-40-41-42-43-45-46-48-50-52-54-56-58-60-62-64-66-68-75(78)82-72-74(73-84-86(80,81)83-71-70-77(3,4)5)85-76(79)69-67-65-63-61-59-57-55-53-51-49-47-44-31-29-27-25-23-21-19-17-15-13-11-9-7-2/h9,11,15,17,21,23-24,26-27,29,44,47,51,53,57,59,74H,6-8,10,12-14,16,18-20,22,25,28,30-43,45-46,48-50,52,54-56,58,60-73H2,1-5H3/p+1/b11-9-,17-15-,23-21-,26-24-,29-27-,47-44-,53-51-,59-57-. The number of carbonyl (C=O) groups excluding carboxylic acids is 2. The van der Waals surface area contributed by atoms with Gasteiger partial charge in [0, 0.05) is 12.8 Å². The van der Waals surface area contributed by atoms with Crippen molar-refractivity contribution >= 4 is 19.8 Å². The van der Waals surface area contributed by atoms with Gasteiger partial charge in [-0.15, -0.1) is 0 Å². The highest BCUT2D eigenvalue weighted by Crippen LogP contribution is 2.43. The van der Waals surface area contributed by atoms with Crippen LogP contribution in [-0.2, 0) is 32.7 Å². The second-order valence-corrected chi connectivity index (χ2v) is 26.7. The lowest BCUT2D eigenvalue weighted by Crippen LogP contribution is -2.37. The number of allylic oxidation sites excluding steroid dienone is 16. The van der Waals surface area contributed by atoms with Crippen molar-refractivity contribution in [3.05, 3.63) is 97.2 Å². The molecule has 2 atom stereocenters. The molecule has 0 bridgehead atoms. The molecule has 10 heteroatoms. The fourth-order valence-corrected chi connectivity index (χ4v) is 10.9. The quantitative estimate of drug-likeness (QED) is 0.0211. The van der Waals surface area contributed by atoms with E-state index >= 15 is 0 Å². The number of phosphoric ester groups is 1. The van der Waals surface area contributed by atoms with Crippen LogP contribution in [0.15, 0.2) is 97.2 Å². The molecule has 0 rings (SSSR count). The summed E-state index contributed by atoms with van der Waals surface area (Å²) in [6.07, 6.45) is 92.5. The van der Waals surface area contributed by atoms with Gasteiger partial charge in [0.2, 0.25) is 0 Å². The average molecular weight is 1220 g/mol. The monoisotopic (exact) mass is 1220 g/mol. The maximum absolute atomic E-state index is 12.9. The summed E-state index contributed by atoms with van der Waals surface area (Å²) in [5.41, 5.74) is 0. The van der Waals surface area contributed by atoms with Crippen LogP contribution in [0.25, 0.3) is 0 Å². The van der Waals surface area contributed by atoms with Crippen molar-refractivity contribution < 1.29 is 42.1 Å². The van der Waals surface area contributed by atoms with Gasteiger partial charge in [-0.1, -0.05) is 310 Å². The van der Waals surface area contributed by atoms with Crippen molar-refractivity contribution in [2.24, 2.45) is 0 Å². The Morgan fingerprint density at radius 3 is 1.01 bits per heavy atom. The summed E-state index contributed by atoms with van der Waals surface area (Å²) in [5.74, 6) is -0.830. The minimum absolute atomic E-state index is 0.0213. The maximum atomic E-state index is 12.9. The van der Waals surface area contributed by atoms with Crippen LogP contribution in [0.4, 0.5) is 0 Å². The average Bonchev–Trinajstić information content (AvgIpc) is 3.70. The summed E-state index contributed by atoms with van der Waals surface area (Å²) in [5, 5.41) is 0. The number of carbonyl (C=O) groups is 2. The molecule has 9 nitrogen and oxygen atoms in total. The third-order valence-corrected chi connectivity index (χ3v) is 16.6. The van der Waals surface area contributed by atoms with Gasteiger partial charge in [-0.3, -0.25) is 18.6 Å². The van der Waals surface area contributed by atoms with Crippen molar-refractivity contribution in [3.8, 4) is 0 Å². The Bertz CT molecular complexity index is 1770. The first-order chi connectivity index (χ1) is 42.0. The van der Waals surface area contributed by atoms with E-state index in [0.717, 1.165) is 83.5 Å². The highest BCUT2D eigenvalue weighted by atomic mass is 31.2. The van der Waals surface area contributed by atoms with E-state index in [4.69, 9.17) is 18.5 Å². The molecule has 498 valence electrons. The first-order valence-corrected chi connectivity index (χ1v) is 37.5. The van der Waals surface area contributed by atoms with Crippen molar-refractivity contribution in [3.63, 3.8) is 0 Å². The molecular formula is C76H137NO8P+. The topological polar surface area (TPSA) is 108 Å². The highest BCUT2D eigenvalue weighted by molar-refractivity contribution is 7.47. The van der Waals surface area contributed by atoms with E-state index in [-0.39, 0.29) is 32.0 Å². The Hall–Kier alpha value is -3.07. The van der Waals surface area contributed by atoms with Gasteiger partial charge in [0.05, 0.1) is 27.7 Å². The van der Waals surface area contributed by atoms with E-state index in [1.807, 2.05) is 21.1 Å². The van der Waals surface area contributed by atoms with Crippen LogP contribution >= 0.6 is 7.82 Å². The molecule has 86 heavy (non-hydrogen) atoms. The van der Waals surface area contributed by atoms with Gasteiger partial charge in [0.15, 0.2) is 6.10 Å². The molecule has 0 aliphatic carbocycles. The minimum Gasteiger partial charge on any atom is -0.462 e. The van der Waals surface area contributed by atoms with E-state index in [2.05, 4.69) is 111 Å². The summed E-state index contributed by atoms with van der Waals surface area (Å²) < 4.78 is 34.7. The predicted octanol–water partition coefficient (Wildman–Crippen LogP) is 23.5. The molecular weight excluding hydrogens is 1090 g/mol. The molecule has 0 amide bonds. The molecule has 0 saturated heterocycles. The molecule has 0 spiro atoms. The molecule has 0 radical (unpaired) electrons. The number of esters is 2. The number of quaternary nitrogens is 1. The van der Waals surface area contributed by atoms with E-state index in [1.165, 1.54) is 205 Å². The zero-order chi connectivity index (χ0) is 62.6. The first kappa shape index (κ1) is 82.9. The Balaban J connectivity index is 4.02. The second-order valence-electron chi connectivity index (χ2n) is 25.2. The lowest BCUT2D eigenvalue weighted by molar-refractivity contribution is -0.870. The Kier molecular flexibility index (Phi) is 64.0. The van der Waals surface area contributed by atoms with Crippen LogP contribution in [0.1, 0.15) is 322 Å². The number of likely N-dealkylation sites (N-methyl/N-ethyl adjacent to an activating group) is 1. The van der Waals surface area contributed by atoms with Crippen molar-refractivity contribution in [1.29, 1.82) is 0 Å². The van der Waals surface area contributed by atoms with E-state index in [0.29, 0.717) is 17.4 Å². The maximum Gasteiger partial charge on any atom is 0.472 e. The molecule has 0 aliphatic heterocycles. The van der Waals surface area contributed by atoms with Crippen LogP contribution in [0.5, 0.6) is 0 Å². The summed E-state index contributed by atoms with van der Waals surface area (Å²) in [4.78, 5) is 35.8. The number of phosphoric acid groups is 1. The van der Waals surface area contributed by atoms with E-state index in [9.17, 15) is 19.0 Å². The fraction of sp³-hybridized carbons (Fsp3) is 0.763. The molecule has 2 unspecified atom stereocenters. The highest BCUT2D eigenvalue weighted by Gasteiger charge is 2.27. The summed E-state index contributed by atoms with van der Waals surface area (Å²) in [7, 11) is 1.45. The summed E-state index contributed by atoms with van der Waals surface area (Å²) in [6, 6.07) is 0. The lowest BCUT2D eigenvalue weighted by Gasteiger charge is -2.24. The Morgan fingerprint density at radius 1 is 0.372 bits per heavy atom. The normalized spacial score (nSPS) is 13.7. The number of rotatable bonds is 66. The number of hydrogen-bond donors (Lipinski definition) is 1. The van der Waals surface area contributed by atoms with Gasteiger partial charge < -0.3 is 18.9 Å². The molecule has 1 N–H and O–H groups in total. The summed E-state index contributed by atoms with van der Waals surface area (Å²) in [6.45, 7) is 4.31. The van der Waals surface area contributed by atoms with Gasteiger partial charge >= 0.3 is 19.8 Å². The largest absolute Gasteiger partial charge is 0.472 e. The van der Waals surface area contributed by atoms with Crippen LogP contribution in [0.3, 0.4) is 0 Å². The molecule has 0 heterocycles. The predicted molar refractivity (Wildman–Crippen MR) is 372 cm³/mol. The van der Waals surface area contributed by atoms with Crippen LogP contribution in [-0.4, -0.2) is 74.9 Å². The Labute approximate surface area is 532 Å². The number of nitrogens with zero attached hydrogens (tertiary/aromatic N) is 1. The van der Waals surface area contributed by atoms with Gasteiger partial charge in [0.25, 0.3) is 0 Å². The molecule has 0 aromatic carbocycles. The smallest absolute Gasteiger partial charge is 0.462 e. The van der Waals surface area contributed by atoms with Crippen molar-refractivity contribution in [2.45, 2.75) is 328 Å². The van der Waals surface area contributed by atoms with E-state index < -0.39 is 26.5 Å². The lowest BCUT2D eigenvalue weighted by atomic mass is 10.0. The molecule has 0 saturated carbocycles. The minimum atomic E-state index is -4.41. The van der Waals surface area contributed by atoms with Gasteiger partial charge in [-0.25, -0.2) is 4.57 Å². The number of unbranched alkanes of at least 4 members (excludes halogenated alkanes) is 36.